The first-order valence-corrected chi connectivity index (χ1v) is 12.5. The van der Waals surface area contributed by atoms with Gasteiger partial charge in [0.25, 0.3) is 0 Å². The van der Waals surface area contributed by atoms with Crippen LogP contribution in [0, 0.1) is 11.3 Å². The predicted molar refractivity (Wildman–Crippen MR) is 105 cm³/mol. The second-order valence-electron chi connectivity index (χ2n) is 9.41. The molecule has 0 aromatic heterocycles. The van der Waals surface area contributed by atoms with Gasteiger partial charge in [0.05, 0.1) is 11.5 Å². The maximum absolute atomic E-state index is 12.7. The number of rotatable bonds is 6. The zero-order chi connectivity index (χ0) is 19.5. The van der Waals surface area contributed by atoms with Crippen molar-refractivity contribution in [3.05, 3.63) is 11.5 Å². The van der Waals surface area contributed by atoms with Crippen LogP contribution in [0.25, 0.3) is 0 Å². The Bertz CT molecular complexity index is 437. The van der Waals surface area contributed by atoms with Crippen molar-refractivity contribution >= 4 is 14.2 Å². The summed E-state index contributed by atoms with van der Waals surface area (Å²) in [5, 5.41) is 11.3. The maximum atomic E-state index is 12.7. The number of ether oxygens (including phenoxy) is 1. The van der Waals surface area contributed by atoms with Crippen molar-refractivity contribution in [2.75, 3.05) is 0 Å². The molecule has 1 N–H and O–H groups in total. The molecule has 0 heterocycles. The maximum Gasteiger partial charge on any atom is 0.414 e. The summed E-state index contributed by atoms with van der Waals surface area (Å²) in [7, 11) is -1.85. The minimum Gasteiger partial charge on any atom is -0.420 e. The highest BCUT2D eigenvalue weighted by molar-refractivity contribution is 6.82. The van der Waals surface area contributed by atoms with Crippen molar-refractivity contribution in [1.82, 2.24) is 4.90 Å². The molecule has 0 saturated carbocycles. The summed E-state index contributed by atoms with van der Waals surface area (Å²) in [5.41, 5.74) is -0.216. The molecule has 0 aliphatic carbocycles. The van der Waals surface area contributed by atoms with Crippen molar-refractivity contribution in [1.29, 1.82) is 0 Å². The van der Waals surface area contributed by atoms with E-state index in [1.165, 1.54) is 0 Å². The molecule has 24 heavy (non-hydrogen) atoms. The van der Waals surface area contributed by atoms with Gasteiger partial charge < -0.3 is 14.7 Å². The van der Waals surface area contributed by atoms with E-state index in [4.69, 9.17) is 4.74 Å². The molecule has 0 aliphatic rings. The largest absolute Gasteiger partial charge is 0.420 e. The Hall–Kier alpha value is -0.813. The number of carbonyl (C=O) groups is 1. The molecular formula is C19H39NO3Si. The lowest BCUT2D eigenvalue weighted by Crippen LogP contribution is -2.44. The van der Waals surface area contributed by atoms with Gasteiger partial charge in [-0.15, -0.1) is 0 Å². The average Bonchev–Trinajstić information content (AvgIpc) is 2.33. The summed E-state index contributed by atoms with van der Waals surface area (Å²) in [4.78, 5) is 14.4. The van der Waals surface area contributed by atoms with Crippen molar-refractivity contribution in [2.45, 2.75) is 93.2 Å². The Morgan fingerprint density at radius 2 is 1.46 bits per heavy atom. The summed E-state index contributed by atoms with van der Waals surface area (Å²) in [6.07, 6.45) is 1.17. The fourth-order valence-corrected chi connectivity index (χ4v) is 3.88. The molecule has 2 atom stereocenters. The number of aliphatic hydroxyl groups excluding tert-OH is 1. The van der Waals surface area contributed by atoms with Gasteiger partial charge in [-0.05, 0) is 39.2 Å². The van der Waals surface area contributed by atoms with Gasteiger partial charge in [-0.25, -0.2) is 4.79 Å². The molecule has 0 fully saturated rings. The molecule has 5 heteroatoms. The number of amides is 1. The van der Waals surface area contributed by atoms with Crippen LogP contribution in [-0.2, 0) is 4.74 Å². The van der Waals surface area contributed by atoms with Gasteiger partial charge in [-0.2, -0.15) is 0 Å². The summed E-state index contributed by atoms with van der Waals surface area (Å²) in [6, 6.07) is 0.163. The second-order valence-corrected chi connectivity index (χ2v) is 14.4. The number of carbonyl (C=O) groups excluding carboxylic acids is 1. The minimum absolute atomic E-state index is 0.0777. The molecule has 4 nitrogen and oxygen atoms in total. The third-order valence-electron chi connectivity index (χ3n) is 4.06. The van der Waals surface area contributed by atoms with E-state index in [2.05, 4.69) is 19.6 Å². The highest BCUT2D eigenvalue weighted by Crippen LogP contribution is 2.28. The van der Waals surface area contributed by atoms with E-state index in [0.29, 0.717) is 0 Å². The summed E-state index contributed by atoms with van der Waals surface area (Å²) >= 11 is 0. The first kappa shape index (κ1) is 23.2. The van der Waals surface area contributed by atoms with Gasteiger partial charge in [-0.3, -0.25) is 0 Å². The predicted octanol–water partition coefficient (Wildman–Crippen LogP) is 5.05. The zero-order valence-electron chi connectivity index (χ0n) is 17.6. The van der Waals surface area contributed by atoms with Crippen LogP contribution in [0.3, 0.4) is 0 Å². The molecule has 0 spiro atoms. The van der Waals surface area contributed by atoms with Crippen molar-refractivity contribution < 1.29 is 14.6 Å². The lowest BCUT2D eigenvalue weighted by molar-refractivity contribution is 0.0325. The summed E-state index contributed by atoms with van der Waals surface area (Å²) in [5.74, 6) is -0.0777. The topological polar surface area (TPSA) is 49.8 Å². The highest BCUT2D eigenvalue weighted by Gasteiger charge is 2.32. The van der Waals surface area contributed by atoms with Crippen LogP contribution in [0.15, 0.2) is 11.5 Å². The lowest BCUT2D eigenvalue weighted by atomic mass is 9.82. The standard InChI is InChI=1S/C19H39NO3Si/c1-13(2)20(14(3)4)18(22)23-16(24(9,10)11)12-15(5)17(21)19(6,7)8/h12-15,17,21H,1-11H3/b16-12+/t15-,17-/m0/s1. The Morgan fingerprint density at radius 3 is 1.75 bits per heavy atom. The molecule has 0 saturated heterocycles. The van der Waals surface area contributed by atoms with E-state index in [1.807, 2.05) is 61.5 Å². The third-order valence-corrected chi connectivity index (χ3v) is 5.81. The van der Waals surface area contributed by atoms with Crippen LogP contribution in [0.2, 0.25) is 19.6 Å². The molecule has 1 amide bonds. The SMILES string of the molecule is CC(C)N(C(=O)O/C(=C\[C@H](C)[C@H](O)C(C)(C)C)[Si](C)(C)C)C(C)C. The normalized spacial score (nSPS) is 16.3. The van der Waals surface area contributed by atoms with E-state index in [-0.39, 0.29) is 29.5 Å². The van der Waals surface area contributed by atoms with Crippen LogP contribution in [0.5, 0.6) is 0 Å². The van der Waals surface area contributed by atoms with Gasteiger partial charge in [0.15, 0.2) is 0 Å². The first-order chi connectivity index (χ1) is 10.6. The van der Waals surface area contributed by atoms with Gasteiger partial charge in [0.1, 0.15) is 8.07 Å². The Balaban J connectivity index is 5.52. The van der Waals surface area contributed by atoms with E-state index in [9.17, 15) is 9.90 Å². The molecule has 0 aromatic rings. The quantitative estimate of drug-likeness (QED) is 0.535. The number of aliphatic hydroxyl groups is 1. The number of hydrogen-bond donors (Lipinski definition) is 1. The molecule has 0 bridgehead atoms. The summed E-state index contributed by atoms with van der Waals surface area (Å²) < 4.78 is 5.83. The average molecular weight is 358 g/mol. The van der Waals surface area contributed by atoms with Gasteiger partial charge in [0.2, 0.25) is 0 Å². The van der Waals surface area contributed by atoms with Gasteiger partial charge >= 0.3 is 6.09 Å². The smallest absolute Gasteiger partial charge is 0.414 e. The van der Waals surface area contributed by atoms with Crippen LogP contribution in [0.4, 0.5) is 4.79 Å². The molecule has 0 radical (unpaired) electrons. The van der Waals surface area contributed by atoms with Gasteiger partial charge in [-0.1, -0.05) is 47.3 Å². The van der Waals surface area contributed by atoms with Crippen LogP contribution in [0.1, 0.15) is 55.4 Å². The molecule has 142 valence electrons. The number of hydrogen-bond acceptors (Lipinski definition) is 3. The van der Waals surface area contributed by atoms with Crippen molar-refractivity contribution in [3.63, 3.8) is 0 Å². The molecule has 0 rings (SSSR count). The zero-order valence-corrected chi connectivity index (χ0v) is 18.6. The third kappa shape index (κ3) is 6.97. The summed E-state index contributed by atoms with van der Waals surface area (Å²) in [6.45, 7) is 22.4. The van der Waals surface area contributed by atoms with Crippen LogP contribution < -0.4 is 0 Å². The van der Waals surface area contributed by atoms with E-state index in [0.717, 1.165) is 5.38 Å². The van der Waals surface area contributed by atoms with Crippen molar-refractivity contribution in [2.24, 2.45) is 11.3 Å². The lowest BCUT2D eigenvalue weighted by Gasteiger charge is -2.33. The van der Waals surface area contributed by atoms with E-state index >= 15 is 0 Å². The Labute approximate surface area is 150 Å². The number of nitrogens with zero attached hydrogens (tertiary/aromatic N) is 1. The Kier molecular flexibility index (Phi) is 8.23. The van der Waals surface area contributed by atoms with Crippen molar-refractivity contribution in [3.8, 4) is 0 Å². The van der Waals surface area contributed by atoms with Crippen LogP contribution >= 0.6 is 0 Å². The highest BCUT2D eigenvalue weighted by atomic mass is 28.3. The Morgan fingerprint density at radius 1 is 1.04 bits per heavy atom. The van der Waals surface area contributed by atoms with Crippen LogP contribution in [-0.4, -0.2) is 42.4 Å². The van der Waals surface area contributed by atoms with E-state index < -0.39 is 14.2 Å². The first-order valence-electron chi connectivity index (χ1n) is 8.99. The monoisotopic (exact) mass is 357 g/mol. The molecule has 0 aliphatic heterocycles. The molecule has 0 unspecified atom stereocenters. The minimum atomic E-state index is -1.85. The van der Waals surface area contributed by atoms with Gasteiger partial charge in [0, 0.05) is 18.0 Å². The fourth-order valence-electron chi connectivity index (χ4n) is 2.72. The second kappa shape index (κ2) is 8.52. The van der Waals surface area contributed by atoms with E-state index in [1.54, 1.807) is 4.90 Å². The fraction of sp³-hybridized carbons (Fsp3) is 0.842. The molecule has 0 aromatic carbocycles. The molecular weight excluding hydrogens is 318 g/mol.